The van der Waals surface area contributed by atoms with Crippen molar-refractivity contribution in [2.24, 2.45) is 5.73 Å². The van der Waals surface area contributed by atoms with Gasteiger partial charge in [0, 0.05) is 32.1 Å². The molecule has 0 aliphatic carbocycles. The molecule has 3 N–H and O–H groups in total. The zero-order chi connectivity index (χ0) is 19.2. The number of nitrogens with one attached hydrogen (secondary N) is 1. The normalized spacial score (nSPS) is 19.9. The van der Waals surface area contributed by atoms with Crippen molar-refractivity contribution in [1.82, 2.24) is 9.62 Å². The van der Waals surface area contributed by atoms with E-state index in [-0.39, 0.29) is 18.4 Å². The standard InChI is InChI=1S/C19H31N3O3S/c1-3-15(2)16-7-9-18(10-8-16)26(24,25)22-13-5-4-6-17(22)14-21-19(23)11-12-20/h7-10,15,17H,3-6,11-14,20H2,1-2H3,(H,21,23). The molecule has 146 valence electrons. The van der Waals surface area contributed by atoms with Gasteiger partial charge in [-0.15, -0.1) is 0 Å². The Balaban J connectivity index is 2.14. The van der Waals surface area contributed by atoms with E-state index in [1.165, 1.54) is 0 Å². The lowest BCUT2D eigenvalue weighted by Gasteiger charge is -2.34. The van der Waals surface area contributed by atoms with E-state index in [0.717, 1.165) is 31.2 Å². The summed E-state index contributed by atoms with van der Waals surface area (Å²) in [7, 11) is -3.56. The maximum absolute atomic E-state index is 13.1. The molecule has 1 aliphatic heterocycles. The van der Waals surface area contributed by atoms with Gasteiger partial charge in [-0.3, -0.25) is 4.79 Å². The van der Waals surface area contributed by atoms with Gasteiger partial charge in [-0.05, 0) is 42.9 Å². The Bertz CT molecular complexity index is 688. The van der Waals surface area contributed by atoms with Crippen LogP contribution in [0.25, 0.3) is 0 Å². The van der Waals surface area contributed by atoms with Crippen molar-refractivity contribution >= 4 is 15.9 Å². The molecule has 0 radical (unpaired) electrons. The maximum atomic E-state index is 13.1. The van der Waals surface area contributed by atoms with Crippen LogP contribution in [-0.4, -0.2) is 44.3 Å². The largest absolute Gasteiger partial charge is 0.354 e. The Morgan fingerprint density at radius 1 is 1.31 bits per heavy atom. The van der Waals surface area contributed by atoms with Crippen LogP contribution in [0.15, 0.2) is 29.2 Å². The van der Waals surface area contributed by atoms with Crippen molar-refractivity contribution in [2.75, 3.05) is 19.6 Å². The van der Waals surface area contributed by atoms with Gasteiger partial charge in [-0.2, -0.15) is 4.31 Å². The third-order valence-electron chi connectivity index (χ3n) is 5.15. The molecular formula is C19H31N3O3S. The predicted octanol–water partition coefficient (Wildman–Crippen LogP) is 2.21. The molecule has 1 aromatic rings. The summed E-state index contributed by atoms with van der Waals surface area (Å²) in [4.78, 5) is 12.0. The quantitative estimate of drug-likeness (QED) is 0.722. The van der Waals surface area contributed by atoms with E-state index in [1.807, 2.05) is 12.1 Å². The summed E-state index contributed by atoms with van der Waals surface area (Å²) in [6.45, 7) is 5.37. The molecule has 2 atom stereocenters. The molecule has 1 aliphatic rings. The second-order valence-corrected chi connectivity index (χ2v) is 8.88. The first kappa shape index (κ1) is 20.9. The minimum Gasteiger partial charge on any atom is -0.354 e. The van der Waals surface area contributed by atoms with Gasteiger partial charge in [-0.1, -0.05) is 32.4 Å². The first-order chi connectivity index (χ1) is 12.4. The van der Waals surface area contributed by atoms with E-state index in [1.54, 1.807) is 16.4 Å². The third-order valence-corrected chi connectivity index (χ3v) is 7.11. The summed E-state index contributed by atoms with van der Waals surface area (Å²) in [5.41, 5.74) is 6.54. The van der Waals surface area contributed by atoms with Crippen LogP contribution in [0, 0.1) is 0 Å². The number of nitrogens with zero attached hydrogens (tertiary/aromatic N) is 1. The first-order valence-electron chi connectivity index (χ1n) is 9.48. The Kier molecular flexibility index (Phi) is 7.61. The Morgan fingerprint density at radius 2 is 2.00 bits per heavy atom. The summed E-state index contributed by atoms with van der Waals surface area (Å²) < 4.78 is 27.8. The van der Waals surface area contributed by atoms with Crippen LogP contribution in [0.3, 0.4) is 0 Å². The highest BCUT2D eigenvalue weighted by Crippen LogP contribution is 2.27. The number of benzene rings is 1. The van der Waals surface area contributed by atoms with Crippen molar-refractivity contribution in [3.8, 4) is 0 Å². The molecule has 26 heavy (non-hydrogen) atoms. The average molecular weight is 382 g/mol. The Morgan fingerprint density at radius 3 is 2.62 bits per heavy atom. The number of carbonyl (C=O) groups is 1. The Labute approximate surface area is 157 Å². The molecule has 2 rings (SSSR count). The number of piperidine rings is 1. The van der Waals surface area contributed by atoms with Gasteiger partial charge >= 0.3 is 0 Å². The Hall–Kier alpha value is -1.44. The molecule has 0 saturated carbocycles. The highest BCUT2D eigenvalue weighted by atomic mass is 32.2. The highest BCUT2D eigenvalue weighted by Gasteiger charge is 2.33. The van der Waals surface area contributed by atoms with Crippen molar-refractivity contribution in [3.63, 3.8) is 0 Å². The first-order valence-corrected chi connectivity index (χ1v) is 10.9. The van der Waals surface area contributed by atoms with Gasteiger partial charge < -0.3 is 11.1 Å². The predicted molar refractivity (Wildman–Crippen MR) is 103 cm³/mol. The van der Waals surface area contributed by atoms with Crippen molar-refractivity contribution in [1.29, 1.82) is 0 Å². The fourth-order valence-corrected chi connectivity index (χ4v) is 4.98. The number of hydrogen-bond donors (Lipinski definition) is 2. The third kappa shape index (κ3) is 5.05. The molecule has 1 saturated heterocycles. The second kappa shape index (κ2) is 9.48. The summed E-state index contributed by atoms with van der Waals surface area (Å²) in [6, 6.07) is 7.02. The van der Waals surface area contributed by atoms with E-state index in [4.69, 9.17) is 5.73 Å². The molecule has 1 amide bonds. The summed E-state index contributed by atoms with van der Waals surface area (Å²) in [5.74, 6) is 0.278. The van der Waals surface area contributed by atoms with Crippen LogP contribution in [0.4, 0.5) is 0 Å². The number of carbonyl (C=O) groups excluding carboxylic acids is 1. The van der Waals surface area contributed by atoms with Crippen LogP contribution in [0.5, 0.6) is 0 Å². The molecule has 2 unspecified atom stereocenters. The minimum atomic E-state index is -3.56. The highest BCUT2D eigenvalue weighted by molar-refractivity contribution is 7.89. The van der Waals surface area contributed by atoms with E-state index < -0.39 is 10.0 Å². The molecule has 1 aromatic carbocycles. The van der Waals surface area contributed by atoms with Crippen LogP contribution in [-0.2, 0) is 14.8 Å². The molecule has 0 bridgehead atoms. The van der Waals surface area contributed by atoms with Gasteiger partial charge in [-0.25, -0.2) is 8.42 Å². The molecule has 1 heterocycles. The SMILES string of the molecule is CCC(C)c1ccc(S(=O)(=O)N2CCCCC2CNC(=O)CCN)cc1. The topological polar surface area (TPSA) is 92.5 Å². The molecule has 0 spiro atoms. The lowest BCUT2D eigenvalue weighted by Crippen LogP contribution is -2.49. The number of amides is 1. The van der Waals surface area contributed by atoms with Gasteiger partial charge in [0.15, 0.2) is 0 Å². The smallest absolute Gasteiger partial charge is 0.243 e. The van der Waals surface area contributed by atoms with Gasteiger partial charge in [0.05, 0.1) is 4.90 Å². The van der Waals surface area contributed by atoms with Gasteiger partial charge in [0.25, 0.3) is 0 Å². The van der Waals surface area contributed by atoms with Crippen LogP contribution in [0.2, 0.25) is 0 Å². The van der Waals surface area contributed by atoms with Gasteiger partial charge in [0.2, 0.25) is 15.9 Å². The lowest BCUT2D eigenvalue weighted by molar-refractivity contribution is -0.121. The zero-order valence-electron chi connectivity index (χ0n) is 15.8. The van der Waals surface area contributed by atoms with Crippen molar-refractivity contribution < 1.29 is 13.2 Å². The summed E-state index contributed by atoms with van der Waals surface area (Å²) in [6.07, 6.45) is 3.85. The molecule has 0 aromatic heterocycles. The number of rotatable bonds is 8. The maximum Gasteiger partial charge on any atom is 0.243 e. The molecular weight excluding hydrogens is 350 g/mol. The zero-order valence-corrected chi connectivity index (χ0v) is 16.6. The number of sulfonamides is 1. The van der Waals surface area contributed by atoms with E-state index >= 15 is 0 Å². The fraction of sp³-hybridized carbons (Fsp3) is 0.632. The fourth-order valence-electron chi connectivity index (χ4n) is 3.29. The summed E-state index contributed by atoms with van der Waals surface area (Å²) >= 11 is 0. The minimum absolute atomic E-state index is 0.131. The van der Waals surface area contributed by atoms with Gasteiger partial charge in [0.1, 0.15) is 0 Å². The molecule has 1 fully saturated rings. The number of hydrogen-bond acceptors (Lipinski definition) is 4. The monoisotopic (exact) mass is 381 g/mol. The molecule has 6 nitrogen and oxygen atoms in total. The molecule has 7 heteroatoms. The van der Waals surface area contributed by atoms with E-state index in [9.17, 15) is 13.2 Å². The van der Waals surface area contributed by atoms with E-state index in [2.05, 4.69) is 19.2 Å². The van der Waals surface area contributed by atoms with Crippen LogP contribution < -0.4 is 11.1 Å². The average Bonchev–Trinajstić information content (AvgIpc) is 2.66. The summed E-state index contributed by atoms with van der Waals surface area (Å²) in [5, 5.41) is 2.81. The lowest BCUT2D eigenvalue weighted by atomic mass is 9.99. The number of nitrogens with two attached hydrogens (primary N) is 1. The van der Waals surface area contributed by atoms with E-state index in [0.29, 0.717) is 30.4 Å². The second-order valence-electron chi connectivity index (χ2n) is 6.99. The van der Waals surface area contributed by atoms with Crippen molar-refractivity contribution in [2.45, 2.75) is 62.8 Å². The van der Waals surface area contributed by atoms with Crippen molar-refractivity contribution in [3.05, 3.63) is 29.8 Å². The van der Waals surface area contributed by atoms with Crippen LogP contribution in [0.1, 0.15) is 57.4 Å². The van der Waals surface area contributed by atoms with Crippen LogP contribution >= 0.6 is 0 Å².